The third-order valence-electron chi connectivity index (χ3n) is 3.05. The standard InChI is InChI=1S/C14H22N2O/c1-11(2)9-15-10-12-5-4-8-16-14(12)17-13-6-3-7-13/h4-5,8,11,13,15H,3,6-7,9-10H2,1-2H3. The lowest BCUT2D eigenvalue weighted by molar-refractivity contribution is 0.113. The molecule has 1 heterocycles. The molecule has 1 aromatic rings. The average molecular weight is 234 g/mol. The molecule has 0 aromatic carbocycles. The van der Waals surface area contributed by atoms with Crippen LogP contribution in [0.25, 0.3) is 0 Å². The quantitative estimate of drug-likeness (QED) is 0.822. The van der Waals surface area contributed by atoms with Crippen LogP contribution in [0.4, 0.5) is 0 Å². The van der Waals surface area contributed by atoms with E-state index in [4.69, 9.17) is 4.74 Å². The minimum Gasteiger partial charge on any atom is -0.474 e. The SMILES string of the molecule is CC(C)CNCc1cccnc1OC1CCC1. The summed E-state index contributed by atoms with van der Waals surface area (Å²) in [5.41, 5.74) is 1.17. The largest absolute Gasteiger partial charge is 0.474 e. The fourth-order valence-corrected chi connectivity index (χ4v) is 1.81. The normalized spacial score (nSPS) is 15.9. The van der Waals surface area contributed by atoms with E-state index in [1.165, 1.54) is 24.8 Å². The fraction of sp³-hybridized carbons (Fsp3) is 0.643. The Balaban J connectivity index is 1.90. The monoisotopic (exact) mass is 234 g/mol. The summed E-state index contributed by atoms with van der Waals surface area (Å²) >= 11 is 0. The van der Waals surface area contributed by atoms with Gasteiger partial charge in [0.1, 0.15) is 6.10 Å². The van der Waals surface area contributed by atoms with Crippen LogP contribution in [0, 0.1) is 5.92 Å². The molecular weight excluding hydrogens is 212 g/mol. The lowest BCUT2D eigenvalue weighted by atomic mass is 9.96. The number of aromatic nitrogens is 1. The first-order chi connectivity index (χ1) is 8.25. The lowest BCUT2D eigenvalue weighted by Gasteiger charge is -2.26. The van der Waals surface area contributed by atoms with Crippen molar-refractivity contribution in [2.75, 3.05) is 6.54 Å². The Morgan fingerprint density at radius 2 is 2.29 bits per heavy atom. The lowest BCUT2D eigenvalue weighted by Crippen LogP contribution is -2.26. The molecule has 1 fully saturated rings. The Morgan fingerprint density at radius 1 is 1.47 bits per heavy atom. The van der Waals surface area contributed by atoms with Crippen LogP contribution >= 0.6 is 0 Å². The van der Waals surface area contributed by atoms with Crippen molar-refractivity contribution in [2.24, 2.45) is 5.92 Å². The maximum absolute atomic E-state index is 5.89. The molecule has 1 saturated carbocycles. The highest BCUT2D eigenvalue weighted by Gasteiger charge is 2.20. The molecule has 94 valence electrons. The molecule has 17 heavy (non-hydrogen) atoms. The number of ether oxygens (including phenoxy) is 1. The van der Waals surface area contributed by atoms with Gasteiger partial charge in [-0.1, -0.05) is 19.9 Å². The number of rotatable bonds is 6. The summed E-state index contributed by atoms with van der Waals surface area (Å²) in [6, 6.07) is 4.06. The van der Waals surface area contributed by atoms with Crippen molar-refractivity contribution in [3.8, 4) is 5.88 Å². The van der Waals surface area contributed by atoms with Gasteiger partial charge in [-0.15, -0.1) is 0 Å². The van der Waals surface area contributed by atoms with E-state index in [2.05, 4.69) is 30.2 Å². The van der Waals surface area contributed by atoms with E-state index in [1.807, 2.05) is 6.07 Å². The van der Waals surface area contributed by atoms with Crippen molar-refractivity contribution in [2.45, 2.75) is 45.8 Å². The van der Waals surface area contributed by atoms with Crippen molar-refractivity contribution in [1.29, 1.82) is 0 Å². The van der Waals surface area contributed by atoms with Gasteiger partial charge in [-0.3, -0.25) is 0 Å². The zero-order valence-electron chi connectivity index (χ0n) is 10.8. The highest BCUT2D eigenvalue weighted by molar-refractivity contribution is 5.25. The van der Waals surface area contributed by atoms with Crippen LogP contribution in [0.2, 0.25) is 0 Å². The average Bonchev–Trinajstić information content (AvgIpc) is 2.25. The minimum absolute atomic E-state index is 0.397. The van der Waals surface area contributed by atoms with E-state index in [9.17, 15) is 0 Å². The number of nitrogens with zero attached hydrogens (tertiary/aromatic N) is 1. The molecule has 3 heteroatoms. The van der Waals surface area contributed by atoms with E-state index in [0.29, 0.717) is 12.0 Å². The Labute approximate surface area is 104 Å². The third-order valence-corrected chi connectivity index (χ3v) is 3.05. The molecule has 0 radical (unpaired) electrons. The second-order valence-corrected chi connectivity index (χ2v) is 5.16. The predicted molar refractivity (Wildman–Crippen MR) is 69.0 cm³/mol. The van der Waals surface area contributed by atoms with Crippen LogP contribution in [0.3, 0.4) is 0 Å². The summed E-state index contributed by atoms with van der Waals surface area (Å²) in [7, 11) is 0. The van der Waals surface area contributed by atoms with Gasteiger partial charge in [-0.25, -0.2) is 4.98 Å². The molecule has 0 atom stereocenters. The number of pyridine rings is 1. The van der Waals surface area contributed by atoms with Gasteiger partial charge in [0.2, 0.25) is 5.88 Å². The van der Waals surface area contributed by atoms with Crippen LogP contribution < -0.4 is 10.1 Å². The van der Waals surface area contributed by atoms with Crippen molar-refractivity contribution in [1.82, 2.24) is 10.3 Å². The molecule has 1 aromatic heterocycles. The van der Waals surface area contributed by atoms with E-state index in [1.54, 1.807) is 6.20 Å². The van der Waals surface area contributed by atoms with E-state index >= 15 is 0 Å². The minimum atomic E-state index is 0.397. The van der Waals surface area contributed by atoms with E-state index < -0.39 is 0 Å². The summed E-state index contributed by atoms with van der Waals surface area (Å²) in [5, 5.41) is 3.43. The van der Waals surface area contributed by atoms with Crippen molar-refractivity contribution in [3.05, 3.63) is 23.9 Å². The Kier molecular flexibility index (Phi) is 4.37. The van der Waals surface area contributed by atoms with Gasteiger partial charge in [-0.2, -0.15) is 0 Å². The zero-order valence-corrected chi connectivity index (χ0v) is 10.8. The molecule has 3 nitrogen and oxygen atoms in total. The first-order valence-electron chi connectivity index (χ1n) is 6.57. The maximum Gasteiger partial charge on any atom is 0.218 e. The van der Waals surface area contributed by atoms with Crippen molar-refractivity contribution >= 4 is 0 Å². The summed E-state index contributed by atoms with van der Waals surface area (Å²) in [6.07, 6.45) is 5.84. The molecule has 0 spiro atoms. The van der Waals surface area contributed by atoms with Crippen molar-refractivity contribution in [3.63, 3.8) is 0 Å². The number of nitrogens with one attached hydrogen (secondary N) is 1. The summed E-state index contributed by atoms with van der Waals surface area (Å²) in [5.74, 6) is 1.48. The van der Waals surface area contributed by atoms with Crippen LogP contribution in [-0.4, -0.2) is 17.6 Å². The second kappa shape index (κ2) is 6.01. The molecule has 0 amide bonds. The smallest absolute Gasteiger partial charge is 0.218 e. The maximum atomic E-state index is 5.89. The van der Waals surface area contributed by atoms with Gasteiger partial charge in [-0.05, 0) is 37.8 Å². The molecular formula is C14H22N2O. The van der Waals surface area contributed by atoms with Crippen molar-refractivity contribution < 1.29 is 4.74 Å². The second-order valence-electron chi connectivity index (χ2n) is 5.16. The summed E-state index contributed by atoms with van der Waals surface area (Å²) < 4.78 is 5.89. The van der Waals surface area contributed by atoms with Gasteiger partial charge >= 0.3 is 0 Å². The van der Waals surface area contributed by atoms with Gasteiger partial charge in [0.25, 0.3) is 0 Å². The van der Waals surface area contributed by atoms with Crippen LogP contribution in [-0.2, 0) is 6.54 Å². The van der Waals surface area contributed by atoms with Crippen LogP contribution in [0.15, 0.2) is 18.3 Å². The molecule has 1 aliphatic carbocycles. The highest BCUT2D eigenvalue weighted by Crippen LogP contribution is 2.25. The number of hydrogen-bond donors (Lipinski definition) is 1. The first-order valence-corrected chi connectivity index (χ1v) is 6.57. The molecule has 1 N–H and O–H groups in total. The Morgan fingerprint density at radius 3 is 2.94 bits per heavy atom. The highest BCUT2D eigenvalue weighted by atomic mass is 16.5. The molecule has 0 saturated heterocycles. The van der Waals surface area contributed by atoms with Gasteiger partial charge in [0.15, 0.2) is 0 Å². The molecule has 2 rings (SSSR count). The Bertz CT molecular complexity index is 348. The Hall–Kier alpha value is -1.09. The van der Waals surface area contributed by atoms with Crippen LogP contribution in [0.5, 0.6) is 5.88 Å². The van der Waals surface area contributed by atoms with E-state index in [-0.39, 0.29) is 0 Å². The van der Waals surface area contributed by atoms with Gasteiger partial charge in [0.05, 0.1) is 0 Å². The van der Waals surface area contributed by atoms with Gasteiger partial charge in [0, 0.05) is 18.3 Å². The molecule has 0 unspecified atom stereocenters. The summed E-state index contributed by atoms with van der Waals surface area (Å²) in [6.45, 7) is 6.29. The van der Waals surface area contributed by atoms with Gasteiger partial charge < -0.3 is 10.1 Å². The molecule has 0 bridgehead atoms. The topological polar surface area (TPSA) is 34.2 Å². The first kappa shape index (κ1) is 12.4. The van der Waals surface area contributed by atoms with Crippen LogP contribution in [0.1, 0.15) is 38.7 Å². The predicted octanol–water partition coefficient (Wildman–Crippen LogP) is 2.76. The van der Waals surface area contributed by atoms with E-state index in [0.717, 1.165) is 19.0 Å². The zero-order chi connectivity index (χ0) is 12.1. The third kappa shape index (κ3) is 3.70. The molecule has 0 aliphatic heterocycles. The fourth-order valence-electron chi connectivity index (χ4n) is 1.81. The summed E-state index contributed by atoms with van der Waals surface area (Å²) in [4.78, 5) is 4.34. The molecule has 1 aliphatic rings. The number of hydrogen-bond acceptors (Lipinski definition) is 3.